The number of para-hydroxylation sites is 2. The van der Waals surface area contributed by atoms with Crippen LogP contribution in [-0.2, 0) is 9.47 Å². The van der Waals surface area contributed by atoms with E-state index in [1.165, 1.54) is 0 Å². The van der Waals surface area contributed by atoms with Crippen LogP contribution in [0, 0.1) is 5.41 Å². The summed E-state index contributed by atoms with van der Waals surface area (Å²) in [5.74, 6) is 1.38. The fourth-order valence-electron chi connectivity index (χ4n) is 2.20. The third kappa shape index (κ3) is 9.27. The summed E-state index contributed by atoms with van der Waals surface area (Å²) < 4.78 is 22.3. The Morgan fingerprint density at radius 3 is 1.67 bits per heavy atom. The lowest BCUT2D eigenvalue weighted by Gasteiger charge is -2.29. The van der Waals surface area contributed by atoms with Gasteiger partial charge >= 0.3 is 4.70 Å². The van der Waals surface area contributed by atoms with Crippen LogP contribution < -0.4 is 9.47 Å². The maximum atomic E-state index is 6.01. The molecule has 0 aliphatic rings. The lowest BCUT2D eigenvalue weighted by Crippen LogP contribution is -2.41. The van der Waals surface area contributed by atoms with Gasteiger partial charge in [0, 0.05) is 22.5 Å². The van der Waals surface area contributed by atoms with E-state index in [1.54, 1.807) is 0 Å². The van der Waals surface area contributed by atoms with E-state index in [-0.39, 0.29) is 12.0 Å². The summed E-state index contributed by atoms with van der Waals surface area (Å²) in [5, 5.41) is 0. The van der Waals surface area contributed by atoms with Crippen LogP contribution in [0.25, 0.3) is 0 Å². The summed E-state index contributed by atoms with van der Waals surface area (Å²) in [4.78, 5) is 0. The average Bonchev–Trinajstić information content (AvgIpc) is 2.61. The Bertz CT molecular complexity index is 599. The van der Waals surface area contributed by atoms with Crippen molar-refractivity contribution in [2.45, 2.75) is 31.9 Å². The van der Waals surface area contributed by atoms with Crippen LogP contribution in [0.15, 0.2) is 60.7 Å². The molecule has 148 valence electrons. The predicted octanol–water partition coefficient (Wildman–Crippen LogP) is 5.66. The topological polar surface area (TPSA) is 36.9 Å². The molecule has 0 saturated carbocycles. The highest BCUT2D eigenvalue weighted by Gasteiger charge is 2.32. The third-order valence-corrected chi connectivity index (χ3v) is 4.22. The molecule has 2 rings (SSSR count). The monoisotopic (exact) mass is 436 g/mol. The van der Waals surface area contributed by atoms with Crippen molar-refractivity contribution in [3.8, 4) is 11.5 Å². The maximum absolute atomic E-state index is 6.01. The molecule has 0 aliphatic heterocycles. The molecule has 0 aliphatic carbocycles. The molecule has 2 aromatic rings. The van der Waals surface area contributed by atoms with Gasteiger partial charge in [0.2, 0.25) is 0 Å². The van der Waals surface area contributed by atoms with Crippen molar-refractivity contribution in [3.05, 3.63) is 60.7 Å². The van der Waals surface area contributed by atoms with Gasteiger partial charge in [-0.1, -0.05) is 57.2 Å². The molecule has 0 amide bonds. The lowest BCUT2D eigenvalue weighted by atomic mass is 9.93. The van der Waals surface area contributed by atoms with Crippen molar-refractivity contribution in [1.29, 1.82) is 0 Å². The minimum atomic E-state index is -1.12. The van der Waals surface area contributed by atoms with E-state index in [2.05, 4.69) is 36.7 Å². The van der Waals surface area contributed by atoms with Crippen molar-refractivity contribution in [1.82, 2.24) is 0 Å². The number of alkyl halides is 1. The number of benzene rings is 2. The zero-order valence-electron chi connectivity index (χ0n) is 16.3. The lowest BCUT2D eigenvalue weighted by molar-refractivity contribution is -0.0899. The van der Waals surface area contributed by atoms with Crippen molar-refractivity contribution >= 4 is 15.9 Å². The second-order valence-electron chi connectivity index (χ2n) is 7.47. The normalized spacial score (nSPS) is 12.0. The standard InChI is InChI=1S/C22H29BrO4/c1-21(2,3)14-15-24-16-17-25-18-22(23,26-19-10-6-4-7-11-19)27-20-12-8-5-9-13-20/h4-13H,14-18H2,1-3H3. The van der Waals surface area contributed by atoms with Crippen LogP contribution in [0.5, 0.6) is 11.5 Å². The van der Waals surface area contributed by atoms with Crippen LogP contribution in [-0.4, -0.2) is 31.1 Å². The van der Waals surface area contributed by atoms with Gasteiger partial charge in [-0.2, -0.15) is 0 Å². The molecule has 4 nitrogen and oxygen atoms in total. The zero-order valence-corrected chi connectivity index (χ0v) is 17.9. The van der Waals surface area contributed by atoms with E-state index in [0.29, 0.717) is 24.7 Å². The molecular weight excluding hydrogens is 408 g/mol. The van der Waals surface area contributed by atoms with Crippen molar-refractivity contribution in [2.24, 2.45) is 5.41 Å². The number of hydrogen-bond acceptors (Lipinski definition) is 4. The Kier molecular flexibility index (Phi) is 8.61. The van der Waals surface area contributed by atoms with Crippen LogP contribution in [0.2, 0.25) is 0 Å². The van der Waals surface area contributed by atoms with Gasteiger partial charge in [-0.05, 0) is 36.1 Å². The van der Waals surface area contributed by atoms with E-state index in [4.69, 9.17) is 18.9 Å². The first kappa shape index (κ1) is 21.7. The molecule has 2 aromatic carbocycles. The summed E-state index contributed by atoms with van der Waals surface area (Å²) in [6.07, 6.45) is 1.02. The smallest absolute Gasteiger partial charge is 0.333 e. The summed E-state index contributed by atoms with van der Waals surface area (Å²) in [5.41, 5.74) is 0.277. The quantitative estimate of drug-likeness (QED) is 0.258. The van der Waals surface area contributed by atoms with E-state index in [9.17, 15) is 0 Å². The Labute approximate surface area is 170 Å². The Morgan fingerprint density at radius 2 is 1.19 bits per heavy atom. The molecule has 27 heavy (non-hydrogen) atoms. The largest absolute Gasteiger partial charge is 0.441 e. The summed E-state index contributed by atoms with van der Waals surface area (Å²) >= 11 is 3.56. The van der Waals surface area contributed by atoms with Gasteiger partial charge in [0.1, 0.15) is 18.1 Å². The van der Waals surface area contributed by atoms with Gasteiger partial charge in [0.25, 0.3) is 0 Å². The first-order valence-electron chi connectivity index (χ1n) is 9.19. The molecule has 0 spiro atoms. The third-order valence-electron chi connectivity index (χ3n) is 3.67. The molecule has 0 bridgehead atoms. The molecule has 0 unspecified atom stereocenters. The Balaban J connectivity index is 1.84. The number of halogens is 1. The molecule has 0 aromatic heterocycles. The first-order valence-corrected chi connectivity index (χ1v) is 9.98. The van der Waals surface area contributed by atoms with E-state index >= 15 is 0 Å². The average molecular weight is 437 g/mol. The highest BCUT2D eigenvalue weighted by molar-refractivity contribution is 9.10. The molecule has 0 radical (unpaired) electrons. The van der Waals surface area contributed by atoms with E-state index in [1.807, 2.05) is 60.7 Å². The number of ether oxygens (including phenoxy) is 4. The Hall–Kier alpha value is -1.56. The molecule has 5 heteroatoms. The van der Waals surface area contributed by atoms with Crippen LogP contribution >= 0.6 is 15.9 Å². The van der Waals surface area contributed by atoms with Crippen molar-refractivity contribution < 1.29 is 18.9 Å². The van der Waals surface area contributed by atoms with Gasteiger partial charge in [-0.15, -0.1) is 0 Å². The minimum absolute atomic E-state index is 0.208. The van der Waals surface area contributed by atoms with Gasteiger partial charge in [0.05, 0.1) is 13.2 Å². The van der Waals surface area contributed by atoms with Gasteiger partial charge in [-0.25, -0.2) is 0 Å². The fourth-order valence-corrected chi connectivity index (χ4v) is 2.74. The number of hydrogen-bond donors (Lipinski definition) is 0. The SMILES string of the molecule is CC(C)(C)CCOCCOCC(Br)(Oc1ccccc1)Oc1ccccc1. The summed E-state index contributed by atoms with van der Waals surface area (Å²) in [7, 11) is 0. The highest BCUT2D eigenvalue weighted by atomic mass is 79.9. The highest BCUT2D eigenvalue weighted by Crippen LogP contribution is 2.28. The zero-order chi connectivity index (χ0) is 19.6. The minimum Gasteiger partial charge on any atom is -0.441 e. The molecule has 0 N–H and O–H groups in total. The fraction of sp³-hybridized carbons (Fsp3) is 0.455. The summed E-state index contributed by atoms with van der Waals surface area (Å²) in [6, 6.07) is 19.0. The van der Waals surface area contributed by atoms with Crippen molar-refractivity contribution in [3.63, 3.8) is 0 Å². The molecule has 0 saturated heterocycles. The van der Waals surface area contributed by atoms with Gasteiger partial charge in [0.15, 0.2) is 0 Å². The molecule has 0 heterocycles. The predicted molar refractivity (Wildman–Crippen MR) is 112 cm³/mol. The molecular formula is C22H29BrO4. The molecule has 0 fully saturated rings. The Morgan fingerprint density at radius 1 is 0.704 bits per heavy atom. The second-order valence-corrected chi connectivity index (χ2v) is 8.67. The van der Waals surface area contributed by atoms with Crippen LogP contribution in [0.3, 0.4) is 0 Å². The van der Waals surface area contributed by atoms with Gasteiger partial charge in [-0.3, -0.25) is 0 Å². The molecule has 0 atom stereocenters. The first-order chi connectivity index (χ1) is 12.9. The van der Waals surface area contributed by atoms with E-state index < -0.39 is 4.70 Å². The second kappa shape index (κ2) is 10.7. The van der Waals surface area contributed by atoms with Crippen molar-refractivity contribution in [2.75, 3.05) is 26.4 Å². The van der Waals surface area contributed by atoms with Crippen LogP contribution in [0.1, 0.15) is 27.2 Å². The van der Waals surface area contributed by atoms with Crippen LogP contribution in [0.4, 0.5) is 0 Å². The maximum Gasteiger partial charge on any atom is 0.333 e. The summed E-state index contributed by atoms with van der Waals surface area (Å²) in [6.45, 7) is 8.55. The number of rotatable bonds is 11. The van der Waals surface area contributed by atoms with E-state index in [0.717, 1.165) is 13.0 Å². The van der Waals surface area contributed by atoms with Gasteiger partial charge < -0.3 is 18.9 Å².